The highest BCUT2D eigenvalue weighted by Crippen LogP contribution is 2.30. The minimum absolute atomic E-state index is 0.0106. The molecule has 184 valence electrons. The molecule has 1 aromatic heterocycles. The van der Waals surface area contributed by atoms with E-state index in [0.29, 0.717) is 11.7 Å². The summed E-state index contributed by atoms with van der Waals surface area (Å²) < 4.78 is 6.49. The Labute approximate surface area is 210 Å². The van der Waals surface area contributed by atoms with E-state index in [1.165, 1.54) is 22.5 Å². The number of hydrogen-bond donors (Lipinski definition) is 1. The van der Waals surface area contributed by atoms with E-state index in [0.717, 1.165) is 68.0 Å². The number of ether oxygens (including phenoxy) is 1. The first kappa shape index (κ1) is 23.9. The second kappa shape index (κ2) is 10.8. The molecule has 1 N–H and O–H groups in total. The van der Waals surface area contributed by atoms with E-state index < -0.39 is 0 Å². The first-order valence-electron chi connectivity index (χ1n) is 12.5. The standard InChI is InChI=1S/C27H32N4O3S/c1-2-3-4-19-5-8-22(9-6-19)31-18-21(16-25(31)32)26(33)29-27-28-23-10-7-20(15-24(23)35-27)17-30-11-13-34-14-12-30/h5-10,15,21H,2-4,11-14,16-18H2,1H3,(H,28,29,33). The van der Waals surface area contributed by atoms with Gasteiger partial charge in [-0.15, -0.1) is 0 Å². The van der Waals surface area contributed by atoms with E-state index in [9.17, 15) is 9.59 Å². The van der Waals surface area contributed by atoms with Crippen LogP contribution in [0.3, 0.4) is 0 Å². The summed E-state index contributed by atoms with van der Waals surface area (Å²) in [7, 11) is 0. The Hall–Kier alpha value is -2.81. The molecule has 7 nitrogen and oxygen atoms in total. The van der Waals surface area contributed by atoms with Gasteiger partial charge < -0.3 is 15.0 Å². The third-order valence-electron chi connectivity index (χ3n) is 6.76. The maximum absolute atomic E-state index is 13.0. The number of aromatic nitrogens is 1. The van der Waals surface area contributed by atoms with Crippen LogP contribution >= 0.6 is 11.3 Å². The lowest BCUT2D eigenvalue weighted by molar-refractivity contribution is -0.122. The summed E-state index contributed by atoms with van der Waals surface area (Å²) in [5, 5.41) is 3.54. The number of morpholine rings is 1. The summed E-state index contributed by atoms with van der Waals surface area (Å²) >= 11 is 1.48. The average molecular weight is 493 g/mol. The highest BCUT2D eigenvalue weighted by atomic mass is 32.1. The summed E-state index contributed by atoms with van der Waals surface area (Å²) in [5.41, 5.74) is 4.25. The summed E-state index contributed by atoms with van der Waals surface area (Å²) in [4.78, 5) is 34.3. The number of benzene rings is 2. The summed E-state index contributed by atoms with van der Waals surface area (Å²) in [6.45, 7) is 6.92. The fourth-order valence-corrected chi connectivity index (χ4v) is 5.63. The van der Waals surface area contributed by atoms with Crippen molar-refractivity contribution in [2.24, 2.45) is 5.92 Å². The Morgan fingerprint density at radius 3 is 2.69 bits per heavy atom. The van der Waals surface area contributed by atoms with Crippen LogP contribution in [0, 0.1) is 5.92 Å². The van der Waals surface area contributed by atoms with Crippen molar-refractivity contribution < 1.29 is 14.3 Å². The number of amides is 2. The molecule has 2 aliphatic rings. The smallest absolute Gasteiger partial charge is 0.231 e. The molecule has 2 aliphatic heterocycles. The van der Waals surface area contributed by atoms with Gasteiger partial charge in [0, 0.05) is 38.3 Å². The van der Waals surface area contributed by atoms with Crippen LogP contribution in [0.25, 0.3) is 10.2 Å². The van der Waals surface area contributed by atoms with Crippen LogP contribution in [0.5, 0.6) is 0 Å². The molecule has 1 unspecified atom stereocenters. The van der Waals surface area contributed by atoms with Gasteiger partial charge in [0.05, 0.1) is 29.3 Å². The molecular formula is C27H32N4O3S. The van der Waals surface area contributed by atoms with Crippen LogP contribution in [0.15, 0.2) is 42.5 Å². The Morgan fingerprint density at radius 2 is 1.91 bits per heavy atom. The zero-order chi connectivity index (χ0) is 24.2. The molecule has 1 atom stereocenters. The third-order valence-corrected chi connectivity index (χ3v) is 7.69. The second-order valence-corrected chi connectivity index (χ2v) is 10.4. The first-order valence-corrected chi connectivity index (χ1v) is 13.3. The Balaban J connectivity index is 1.20. The van der Waals surface area contributed by atoms with Crippen molar-refractivity contribution in [1.29, 1.82) is 0 Å². The largest absolute Gasteiger partial charge is 0.379 e. The average Bonchev–Trinajstić information content (AvgIpc) is 3.46. The van der Waals surface area contributed by atoms with Crippen molar-refractivity contribution >= 4 is 44.2 Å². The van der Waals surface area contributed by atoms with Gasteiger partial charge in [0.1, 0.15) is 0 Å². The van der Waals surface area contributed by atoms with E-state index in [1.807, 2.05) is 18.2 Å². The van der Waals surface area contributed by atoms with E-state index in [2.05, 4.69) is 46.4 Å². The van der Waals surface area contributed by atoms with Crippen molar-refractivity contribution in [3.63, 3.8) is 0 Å². The number of unbranched alkanes of at least 4 members (excludes halogenated alkanes) is 1. The van der Waals surface area contributed by atoms with E-state index in [1.54, 1.807) is 4.90 Å². The fraction of sp³-hybridized carbons (Fsp3) is 0.444. The van der Waals surface area contributed by atoms with E-state index >= 15 is 0 Å². The lowest BCUT2D eigenvalue weighted by atomic mass is 10.1. The topological polar surface area (TPSA) is 74.8 Å². The normalized spacial score (nSPS) is 18.9. The van der Waals surface area contributed by atoms with Gasteiger partial charge in [-0.3, -0.25) is 14.5 Å². The molecule has 0 aliphatic carbocycles. The van der Waals surface area contributed by atoms with Gasteiger partial charge in [-0.05, 0) is 48.2 Å². The molecule has 0 bridgehead atoms. The highest BCUT2D eigenvalue weighted by Gasteiger charge is 2.35. The minimum atomic E-state index is -0.383. The number of carbonyl (C=O) groups is 2. The molecule has 2 amide bonds. The Bertz CT molecular complexity index is 1190. The predicted molar refractivity (Wildman–Crippen MR) is 140 cm³/mol. The SMILES string of the molecule is CCCCc1ccc(N2CC(C(=O)Nc3nc4ccc(CN5CCOCC5)cc4s3)CC2=O)cc1. The van der Waals surface area contributed by atoms with E-state index in [-0.39, 0.29) is 24.2 Å². The first-order chi connectivity index (χ1) is 17.1. The van der Waals surface area contributed by atoms with Crippen LogP contribution < -0.4 is 10.2 Å². The Morgan fingerprint density at radius 1 is 1.14 bits per heavy atom. The maximum Gasteiger partial charge on any atom is 0.231 e. The van der Waals surface area contributed by atoms with Gasteiger partial charge >= 0.3 is 0 Å². The molecule has 3 heterocycles. The molecule has 8 heteroatoms. The maximum atomic E-state index is 13.0. The fourth-order valence-electron chi connectivity index (χ4n) is 4.70. The second-order valence-electron chi connectivity index (χ2n) is 9.37. The number of nitrogens with one attached hydrogen (secondary N) is 1. The van der Waals surface area contributed by atoms with Crippen molar-refractivity contribution in [2.75, 3.05) is 43.1 Å². The van der Waals surface area contributed by atoms with Crippen LogP contribution in [0.1, 0.15) is 37.3 Å². The van der Waals surface area contributed by atoms with Crippen LogP contribution in [0.2, 0.25) is 0 Å². The molecule has 2 saturated heterocycles. The monoisotopic (exact) mass is 492 g/mol. The number of aryl methyl sites for hydroxylation is 1. The quantitative estimate of drug-likeness (QED) is 0.503. The lowest BCUT2D eigenvalue weighted by Crippen LogP contribution is -2.35. The zero-order valence-electron chi connectivity index (χ0n) is 20.2. The third kappa shape index (κ3) is 5.72. The summed E-state index contributed by atoms with van der Waals surface area (Å²) in [6.07, 6.45) is 3.59. The molecule has 0 spiro atoms. The lowest BCUT2D eigenvalue weighted by Gasteiger charge is -2.26. The van der Waals surface area contributed by atoms with Crippen molar-refractivity contribution in [2.45, 2.75) is 39.2 Å². The molecule has 3 aromatic rings. The van der Waals surface area contributed by atoms with Gasteiger partial charge in [0.15, 0.2) is 5.13 Å². The van der Waals surface area contributed by atoms with Crippen molar-refractivity contribution in [1.82, 2.24) is 9.88 Å². The van der Waals surface area contributed by atoms with Gasteiger partial charge in [0.25, 0.3) is 0 Å². The van der Waals surface area contributed by atoms with Crippen molar-refractivity contribution in [3.05, 3.63) is 53.6 Å². The number of nitrogens with zero attached hydrogens (tertiary/aromatic N) is 3. The number of thiazole rings is 1. The van der Waals surface area contributed by atoms with Crippen LogP contribution in [0.4, 0.5) is 10.8 Å². The number of fused-ring (bicyclic) bond motifs is 1. The molecule has 0 saturated carbocycles. The van der Waals surface area contributed by atoms with E-state index in [4.69, 9.17) is 4.74 Å². The number of rotatable bonds is 8. The summed E-state index contributed by atoms with van der Waals surface area (Å²) in [5.74, 6) is -0.539. The molecule has 2 fully saturated rings. The number of hydrogen-bond acceptors (Lipinski definition) is 6. The molecule has 2 aromatic carbocycles. The van der Waals surface area contributed by atoms with Gasteiger partial charge in [-0.2, -0.15) is 0 Å². The number of carbonyl (C=O) groups excluding carboxylic acids is 2. The van der Waals surface area contributed by atoms with Crippen LogP contribution in [-0.4, -0.2) is 54.5 Å². The van der Waals surface area contributed by atoms with Crippen LogP contribution in [-0.2, 0) is 27.3 Å². The highest BCUT2D eigenvalue weighted by molar-refractivity contribution is 7.22. The van der Waals surface area contributed by atoms with Gasteiger partial charge in [-0.1, -0.05) is 42.9 Å². The summed E-state index contributed by atoms with van der Waals surface area (Å²) in [6, 6.07) is 14.4. The molecular weight excluding hydrogens is 460 g/mol. The molecule has 35 heavy (non-hydrogen) atoms. The minimum Gasteiger partial charge on any atom is -0.379 e. The Kier molecular flexibility index (Phi) is 7.41. The van der Waals surface area contributed by atoms with Gasteiger partial charge in [-0.25, -0.2) is 4.98 Å². The van der Waals surface area contributed by atoms with Gasteiger partial charge in [0.2, 0.25) is 11.8 Å². The molecule has 0 radical (unpaired) electrons. The number of anilines is 2. The zero-order valence-corrected chi connectivity index (χ0v) is 21.0. The predicted octanol–water partition coefficient (Wildman–Crippen LogP) is 4.46. The molecule has 5 rings (SSSR count). The van der Waals surface area contributed by atoms with Crippen molar-refractivity contribution in [3.8, 4) is 0 Å².